The maximum atomic E-state index is 13.9. The van der Waals surface area contributed by atoms with Gasteiger partial charge >= 0.3 is 0 Å². The van der Waals surface area contributed by atoms with Crippen LogP contribution in [0.25, 0.3) is 0 Å². The molecular formula is C14H17F5O2. The molecule has 0 aliphatic heterocycles. The summed E-state index contributed by atoms with van der Waals surface area (Å²) < 4.78 is 67.5. The summed E-state index contributed by atoms with van der Waals surface area (Å²) >= 11 is 0. The molecule has 0 saturated carbocycles. The van der Waals surface area contributed by atoms with Gasteiger partial charge in [0.05, 0.1) is 0 Å². The van der Waals surface area contributed by atoms with E-state index in [4.69, 9.17) is 5.26 Å². The smallest absolute Gasteiger partial charge is 0.200 e. The summed E-state index contributed by atoms with van der Waals surface area (Å²) in [4.78, 5) is 4.27. The highest BCUT2D eigenvalue weighted by molar-refractivity contribution is 5.31. The third-order valence-electron chi connectivity index (χ3n) is 3.84. The van der Waals surface area contributed by atoms with Gasteiger partial charge in [-0.1, -0.05) is 34.1 Å². The van der Waals surface area contributed by atoms with Crippen LogP contribution in [0.15, 0.2) is 0 Å². The number of halogens is 5. The Morgan fingerprint density at radius 3 is 1.67 bits per heavy atom. The maximum absolute atomic E-state index is 13.9. The first-order valence-corrected chi connectivity index (χ1v) is 6.43. The van der Waals surface area contributed by atoms with Crippen molar-refractivity contribution in [1.29, 1.82) is 0 Å². The molecule has 1 rings (SSSR count). The second kappa shape index (κ2) is 6.27. The Morgan fingerprint density at radius 2 is 1.33 bits per heavy atom. The van der Waals surface area contributed by atoms with Gasteiger partial charge in [-0.3, -0.25) is 5.26 Å². The normalized spacial score (nSPS) is 15.1. The van der Waals surface area contributed by atoms with Gasteiger partial charge in [0.2, 0.25) is 5.82 Å². The third kappa shape index (κ3) is 2.89. The average molecular weight is 312 g/mol. The van der Waals surface area contributed by atoms with Gasteiger partial charge in [-0.25, -0.2) is 26.8 Å². The van der Waals surface area contributed by atoms with E-state index < -0.39 is 46.2 Å². The van der Waals surface area contributed by atoms with E-state index >= 15 is 0 Å². The summed E-state index contributed by atoms with van der Waals surface area (Å²) in [5.74, 6) is -10.5. The van der Waals surface area contributed by atoms with Crippen LogP contribution in [0, 0.1) is 35.0 Å². The van der Waals surface area contributed by atoms with Gasteiger partial charge in [-0.05, 0) is 5.92 Å². The molecule has 7 heteroatoms. The Morgan fingerprint density at radius 1 is 0.952 bits per heavy atom. The first kappa shape index (κ1) is 17.8. The monoisotopic (exact) mass is 312 g/mol. The predicted octanol–water partition coefficient (Wildman–Crippen LogP) is 4.56. The van der Waals surface area contributed by atoms with E-state index in [2.05, 4.69) is 4.89 Å². The van der Waals surface area contributed by atoms with Crippen LogP contribution in [-0.4, -0.2) is 11.4 Å². The van der Waals surface area contributed by atoms with Gasteiger partial charge in [0.1, 0.15) is 6.10 Å². The predicted molar refractivity (Wildman–Crippen MR) is 66.2 cm³/mol. The largest absolute Gasteiger partial charge is 0.251 e. The van der Waals surface area contributed by atoms with E-state index in [1.165, 1.54) is 13.8 Å². The minimum absolute atomic E-state index is 0.375. The van der Waals surface area contributed by atoms with Crippen LogP contribution in [-0.2, 0) is 10.3 Å². The van der Waals surface area contributed by atoms with E-state index in [1.807, 2.05) is 0 Å². The lowest BCUT2D eigenvalue weighted by atomic mass is 9.73. The molecule has 0 amide bonds. The molecule has 2 nitrogen and oxygen atoms in total. The second-order valence-electron chi connectivity index (χ2n) is 5.58. The fraction of sp³-hybridized carbons (Fsp3) is 0.571. The van der Waals surface area contributed by atoms with E-state index in [1.54, 1.807) is 13.8 Å². The molecule has 21 heavy (non-hydrogen) atoms. The van der Waals surface area contributed by atoms with Crippen LogP contribution >= 0.6 is 0 Å². The van der Waals surface area contributed by atoms with Crippen LogP contribution < -0.4 is 0 Å². The minimum Gasteiger partial charge on any atom is -0.251 e. The molecule has 0 aliphatic carbocycles. The van der Waals surface area contributed by atoms with Crippen molar-refractivity contribution in [2.24, 2.45) is 5.92 Å². The second-order valence-corrected chi connectivity index (χ2v) is 5.58. The summed E-state index contributed by atoms with van der Waals surface area (Å²) in [6.07, 6.45) is -0.667. The van der Waals surface area contributed by atoms with Crippen molar-refractivity contribution in [2.75, 3.05) is 0 Å². The molecule has 0 saturated heterocycles. The van der Waals surface area contributed by atoms with E-state index in [0.29, 0.717) is 6.42 Å². The molecule has 2 atom stereocenters. The SMILES string of the molecule is CCC(C)C(OO)C(C)(C)c1c(F)c(F)c(F)c(F)c1F. The molecule has 0 spiro atoms. The lowest BCUT2D eigenvalue weighted by Crippen LogP contribution is -2.42. The van der Waals surface area contributed by atoms with Crippen molar-refractivity contribution in [3.63, 3.8) is 0 Å². The maximum Gasteiger partial charge on any atom is 0.200 e. The third-order valence-corrected chi connectivity index (χ3v) is 3.84. The van der Waals surface area contributed by atoms with Crippen LogP contribution in [0.2, 0.25) is 0 Å². The highest BCUT2D eigenvalue weighted by Crippen LogP contribution is 2.39. The van der Waals surface area contributed by atoms with E-state index in [-0.39, 0.29) is 5.92 Å². The molecule has 0 fully saturated rings. The molecule has 0 bridgehead atoms. The number of rotatable bonds is 5. The van der Waals surface area contributed by atoms with Gasteiger partial charge in [-0.2, -0.15) is 0 Å². The highest BCUT2D eigenvalue weighted by atomic mass is 19.2. The van der Waals surface area contributed by atoms with E-state index in [9.17, 15) is 22.0 Å². The Kier molecular flexibility index (Phi) is 5.33. The number of hydrogen-bond donors (Lipinski definition) is 1. The minimum atomic E-state index is -2.21. The van der Waals surface area contributed by atoms with Gasteiger partial charge in [0.25, 0.3) is 0 Å². The Bertz CT molecular complexity index is 502. The lowest BCUT2D eigenvalue weighted by Gasteiger charge is -2.36. The topological polar surface area (TPSA) is 29.5 Å². The zero-order valence-corrected chi connectivity index (χ0v) is 12.1. The molecule has 0 aliphatic rings. The van der Waals surface area contributed by atoms with Crippen LogP contribution in [0.4, 0.5) is 22.0 Å². The summed E-state index contributed by atoms with van der Waals surface area (Å²) in [5.41, 5.74) is -2.63. The lowest BCUT2D eigenvalue weighted by molar-refractivity contribution is -0.303. The molecule has 1 aromatic carbocycles. The summed E-state index contributed by atoms with van der Waals surface area (Å²) in [6, 6.07) is 0. The van der Waals surface area contributed by atoms with Crippen molar-refractivity contribution in [1.82, 2.24) is 0 Å². The van der Waals surface area contributed by atoms with Gasteiger partial charge in [-0.15, -0.1) is 0 Å². The molecule has 1 aromatic rings. The summed E-state index contributed by atoms with van der Waals surface area (Å²) in [6.45, 7) is 5.87. The first-order valence-electron chi connectivity index (χ1n) is 6.43. The molecule has 120 valence electrons. The van der Waals surface area contributed by atoms with Crippen molar-refractivity contribution < 1.29 is 32.1 Å². The zero-order chi connectivity index (χ0) is 16.5. The van der Waals surface area contributed by atoms with Crippen molar-refractivity contribution in [3.8, 4) is 0 Å². The Hall–Kier alpha value is -1.21. The molecule has 0 radical (unpaired) electrons. The summed E-state index contributed by atoms with van der Waals surface area (Å²) in [7, 11) is 0. The number of benzene rings is 1. The van der Waals surface area contributed by atoms with Gasteiger partial charge < -0.3 is 0 Å². The summed E-state index contributed by atoms with van der Waals surface area (Å²) in [5, 5.41) is 8.99. The van der Waals surface area contributed by atoms with Crippen molar-refractivity contribution >= 4 is 0 Å². The molecular weight excluding hydrogens is 295 g/mol. The first-order chi connectivity index (χ1) is 9.61. The fourth-order valence-electron chi connectivity index (χ4n) is 2.47. The Labute approximate surface area is 119 Å². The van der Waals surface area contributed by atoms with Crippen molar-refractivity contribution in [3.05, 3.63) is 34.6 Å². The van der Waals surface area contributed by atoms with Crippen LogP contribution in [0.1, 0.15) is 39.7 Å². The Balaban J connectivity index is 3.58. The molecule has 2 unspecified atom stereocenters. The molecule has 0 heterocycles. The molecule has 1 N–H and O–H groups in total. The number of hydrogen-bond acceptors (Lipinski definition) is 2. The average Bonchev–Trinajstić information content (AvgIpc) is 2.43. The van der Waals surface area contributed by atoms with Crippen molar-refractivity contribution in [2.45, 2.75) is 45.6 Å². The quantitative estimate of drug-likeness (QED) is 0.284. The van der Waals surface area contributed by atoms with Crippen LogP contribution in [0.3, 0.4) is 0 Å². The van der Waals surface area contributed by atoms with Gasteiger partial charge in [0, 0.05) is 11.0 Å². The highest BCUT2D eigenvalue weighted by Gasteiger charge is 2.43. The molecule has 0 aromatic heterocycles. The fourth-order valence-corrected chi connectivity index (χ4v) is 2.47. The van der Waals surface area contributed by atoms with Crippen LogP contribution in [0.5, 0.6) is 0 Å². The standard InChI is InChI=1S/C14H17F5O2/c1-5-6(2)13(21-20)14(3,4)7-8(15)10(17)12(19)11(18)9(7)16/h6,13,20H,5H2,1-4H3. The van der Waals surface area contributed by atoms with Gasteiger partial charge in [0.15, 0.2) is 23.3 Å². The zero-order valence-electron chi connectivity index (χ0n) is 12.1. The van der Waals surface area contributed by atoms with E-state index in [0.717, 1.165) is 0 Å².